The first-order chi connectivity index (χ1) is 14.7. The maximum absolute atomic E-state index is 12.9. The van der Waals surface area contributed by atoms with E-state index in [9.17, 15) is 4.79 Å². The van der Waals surface area contributed by atoms with Gasteiger partial charge in [-0.05, 0) is 38.1 Å². The van der Waals surface area contributed by atoms with Crippen LogP contribution in [-0.2, 0) is 27.3 Å². The molecule has 2 rings (SSSR count). The lowest BCUT2D eigenvalue weighted by Gasteiger charge is -2.24. The van der Waals surface area contributed by atoms with Gasteiger partial charge in [-0.3, -0.25) is 14.4 Å². The minimum absolute atomic E-state index is 0.140. The summed E-state index contributed by atoms with van der Waals surface area (Å²) in [6, 6.07) is 8.37. The van der Waals surface area contributed by atoms with E-state index in [0.29, 0.717) is 25.4 Å². The molecule has 2 aromatic rings. The van der Waals surface area contributed by atoms with Gasteiger partial charge in [-0.2, -0.15) is 0 Å². The predicted molar refractivity (Wildman–Crippen MR) is 119 cm³/mol. The molecule has 1 aromatic heterocycles. The maximum Gasteiger partial charge on any atom is 0.290 e. The van der Waals surface area contributed by atoms with Gasteiger partial charge in [0.25, 0.3) is 12.9 Å². The van der Waals surface area contributed by atoms with Crippen LogP contribution in [0.4, 0.5) is 0 Å². The fourth-order valence-corrected chi connectivity index (χ4v) is 2.65. The molecule has 0 fully saturated rings. The van der Waals surface area contributed by atoms with Gasteiger partial charge >= 0.3 is 0 Å². The number of rotatable bonds is 8. The summed E-state index contributed by atoms with van der Waals surface area (Å²) < 4.78 is 0. The number of carboxylic acid groups (broad SMARTS) is 2. The van der Waals surface area contributed by atoms with Crippen molar-refractivity contribution >= 4 is 18.9 Å². The molecule has 0 aliphatic heterocycles. The molecular weight excluding hydrogens is 400 g/mol. The van der Waals surface area contributed by atoms with Crippen LogP contribution in [0.15, 0.2) is 30.6 Å². The van der Waals surface area contributed by atoms with E-state index in [0.717, 1.165) is 23.5 Å². The molecular formula is C22H34N4O5. The second-order valence-corrected chi connectivity index (χ2v) is 7.38. The molecule has 31 heavy (non-hydrogen) atoms. The van der Waals surface area contributed by atoms with Gasteiger partial charge in [-0.1, -0.05) is 38.1 Å². The summed E-state index contributed by atoms with van der Waals surface area (Å²) in [5, 5.41) is 13.8. The van der Waals surface area contributed by atoms with Gasteiger partial charge in [-0.25, -0.2) is 4.98 Å². The quantitative estimate of drug-likeness (QED) is 0.544. The first kappa shape index (κ1) is 27.8. The number of hydrogen-bond donors (Lipinski definition) is 3. The Hall–Kier alpha value is -3.20. The van der Waals surface area contributed by atoms with Crippen molar-refractivity contribution in [2.24, 2.45) is 0 Å². The second kappa shape index (κ2) is 15.6. The summed E-state index contributed by atoms with van der Waals surface area (Å²) in [5.74, 6) is 0.644. The zero-order valence-electron chi connectivity index (χ0n) is 18.9. The number of hydrogen-bond acceptors (Lipinski definition) is 5. The highest BCUT2D eigenvalue weighted by atomic mass is 16.3. The predicted octanol–water partition coefficient (Wildman–Crippen LogP) is 2.38. The number of aromatic nitrogens is 2. The third kappa shape index (κ3) is 11.5. The minimum Gasteiger partial charge on any atom is -0.483 e. The minimum atomic E-state index is -0.250. The van der Waals surface area contributed by atoms with Gasteiger partial charge in [0, 0.05) is 18.8 Å². The van der Waals surface area contributed by atoms with Gasteiger partial charge in [0.1, 0.15) is 0 Å². The number of aryl methyl sites for hydroxylation is 1. The molecule has 172 valence electrons. The number of aromatic amines is 1. The molecule has 0 saturated carbocycles. The Bertz CT molecular complexity index is 766. The second-order valence-electron chi connectivity index (χ2n) is 7.38. The van der Waals surface area contributed by atoms with Crippen molar-refractivity contribution in [3.63, 3.8) is 0 Å². The molecule has 0 aliphatic carbocycles. The molecule has 0 atom stereocenters. The highest BCUT2D eigenvalue weighted by Crippen LogP contribution is 2.16. The molecule has 1 amide bonds. The zero-order valence-corrected chi connectivity index (χ0v) is 18.9. The number of likely N-dealkylation sites (N-methyl/N-ethyl adjacent to an activating group) is 1. The van der Waals surface area contributed by atoms with Crippen LogP contribution in [-0.4, -0.2) is 76.0 Å². The van der Waals surface area contributed by atoms with E-state index < -0.39 is 0 Å². The van der Waals surface area contributed by atoms with Gasteiger partial charge in [0.05, 0.1) is 25.0 Å². The highest BCUT2D eigenvalue weighted by molar-refractivity contribution is 5.78. The van der Waals surface area contributed by atoms with Crippen LogP contribution in [0, 0.1) is 6.92 Å². The van der Waals surface area contributed by atoms with Crippen molar-refractivity contribution in [2.75, 3.05) is 27.2 Å². The molecule has 0 aliphatic rings. The van der Waals surface area contributed by atoms with Crippen LogP contribution in [0.25, 0.3) is 0 Å². The van der Waals surface area contributed by atoms with E-state index in [2.05, 4.69) is 53.0 Å². The number of H-pyrrole nitrogens is 1. The van der Waals surface area contributed by atoms with E-state index in [1.54, 1.807) is 6.33 Å². The Kier molecular flexibility index (Phi) is 14.0. The van der Waals surface area contributed by atoms with Crippen molar-refractivity contribution in [2.45, 2.75) is 39.7 Å². The molecule has 9 nitrogen and oxygen atoms in total. The van der Waals surface area contributed by atoms with E-state index >= 15 is 0 Å². The molecule has 3 N–H and O–H groups in total. The van der Waals surface area contributed by atoms with Crippen LogP contribution >= 0.6 is 0 Å². The van der Waals surface area contributed by atoms with Crippen molar-refractivity contribution in [3.8, 4) is 0 Å². The molecule has 0 radical (unpaired) electrons. The van der Waals surface area contributed by atoms with Crippen LogP contribution in [0.3, 0.4) is 0 Å². The number of nitrogens with one attached hydrogen (secondary N) is 1. The summed E-state index contributed by atoms with van der Waals surface area (Å²) in [5.41, 5.74) is 4.31. The first-order valence-electron chi connectivity index (χ1n) is 9.85. The normalized spacial score (nSPS) is 9.90. The fourth-order valence-electron chi connectivity index (χ4n) is 2.65. The van der Waals surface area contributed by atoms with Crippen LogP contribution in [0.1, 0.15) is 42.3 Å². The standard InChI is InChI=1S/C20H30N4O.2CH2O2/c1-15(2)18-8-6-17(7-9-18)12-20(25)24(11-10-23(4)5)13-19-16(3)21-14-22-19;2*2-1-3/h6-9,14-15H,10-13H2,1-5H3,(H,21,22);2*1H,(H,2,3). The van der Waals surface area contributed by atoms with Crippen LogP contribution in [0.2, 0.25) is 0 Å². The van der Waals surface area contributed by atoms with Crippen LogP contribution in [0.5, 0.6) is 0 Å². The molecule has 9 heteroatoms. The lowest BCUT2D eigenvalue weighted by molar-refractivity contribution is -0.131. The van der Waals surface area contributed by atoms with Crippen molar-refractivity contribution in [1.29, 1.82) is 0 Å². The maximum atomic E-state index is 12.9. The number of nitrogens with zero attached hydrogens (tertiary/aromatic N) is 3. The molecule has 1 heterocycles. The fraction of sp³-hybridized carbons (Fsp3) is 0.455. The summed E-state index contributed by atoms with van der Waals surface area (Å²) in [6.45, 7) is 7.92. The number of benzene rings is 1. The number of carbonyl (C=O) groups excluding carboxylic acids is 1. The van der Waals surface area contributed by atoms with E-state index in [1.807, 2.05) is 25.9 Å². The summed E-state index contributed by atoms with van der Waals surface area (Å²) in [7, 11) is 4.04. The SMILES string of the molecule is Cc1[nH]cnc1CN(CCN(C)C)C(=O)Cc1ccc(C(C)C)cc1.O=CO.O=CO. The van der Waals surface area contributed by atoms with E-state index in [1.165, 1.54) is 5.56 Å². The third-order valence-electron chi connectivity index (χ3n) is 4.45. The van der Waals surface area contributed by atoms with Crippen molar-refractivity contribution in [3.05, 3.63) is 53.1 Å². The lowest BCUT2D eigenvalue weighted by atomic mass is 10.0. The topological polar surface area (TPSA) is 127 Å². The molecule has 0 unspecified atom stereocenters. The Balaban J connectivity index is 0.00000134. The Morgan fingerprint density at radius 3 is 2.06 bits per heavy atom. The van der Waals surface area contributed by atoms with Gasteiger partial charge in [0.15, 0.2) is 0 Å². The number of carbonyl (C=O) groups is 3. The van der Waals surface area contributed by atoms with Crippen molar-refractivity contribution < 1.29 is 24.6 Å². The van der Waals surface area contributed by atoms with Crippen LogP contribution < -0.4 is 0 Å². The summed E-state index contributed by atoms with van der Waals surface area (Å²) >= 11 is 0. The Morgan fingerprint density at radius 1 is 1.10 bits per heavy atom. The first-order valence-corrected chi connectivity index (χ1v) is 9.85. The summed E-state index contributed by atoms with van der Waals surface area (Å²) in [6.07, 6.45) is 2.11. The zero-order chi connectivity index (χ0) is 23.8. The Labute approximate surface area is 183 Å². The third-order valence-corrected chi connectivity index (χ3v) is 4.45. The summed E-state index contributed by atoms with van der Waals surface area (Å²) in [4.78, 5) is 41.0. The van der Waals surface area contributed by atoms with Crippen molar-refractivity contribution in [1.82, 2.24) is 19.8 Å². The smallest absolute Gasteiger partial charge is 0.290 e. The molecule has 0 spiro atoms. The van der Waals surface area contributed by atoms with Gasteiger partial charge < -0.3 is 25.0 Å². The van der Waals surface area contributed by atoms with Gasteiger partial charge in [-0.15, -0.1) is 0 Å². The van der Waals surface area contributed by atoms with Gasteiger partial charge in [0.2, 0.25) is 5.91 Å². The van der Waals surface area contributed by atoms with E-state index in [4.69, 9.17) is 19.8 Å². The monoisotopic (exact) mass is 434 g/mol. The molecule has 1 aromatic carbocycles. The molecule has 0 saturated heterocycles. The number of amides is 1. The average Bonchev–Trinajstić information content (AvgIpc) is 3.11. The largest absolute Gasteiger partial charge is 0.483 e. The molecule has 0 bridgehead atoms. The number of imidazole rings is 1. The lowest BCUT2D eigenvalue weighted by Crippen LogP contribution is -2.37. The average molecular weight is 435 g/mol. The highest BCUT2D eigenvalue weighted by Gasteiger charge is 2.17. The van der Waals surface area contributed by atoms with E-state index in [-0.39, 0.29) is 18.9 Å². The Morgan fingerprint density at radius 2 is 1.65 bits per heavy atom.